The summed E-state index contributed by atoms with van der Waals surface area (Å²) in [6, 6.07) is 8.28. The summed E-state index contributed by atoms with van der Waals surface area (Å²) < 4.78 is 11.6. The number of rotatable bonds is 3. The van der Waals surface area contributed by atoms with Gasteiger partial charge in [0.2, 0.25) is 0 Å². The van der Waals surface area contributed by atoms with Crippen LogP contribution in [-0.4, -0.2) is 30.0 Å². The summed E-state index contributed by atoms with van der Waals surface area (Å²) in [5, 5.41) is 0.443. The number of piperidine rings is 1. The van der Waals surface area contributed by atoms with Crippen LogP contribution in [0.15, 0.2) is 44.0 Å². The van der Waals surface area contributed by atoms with Crippen molar-refractivity contribution in [3.8, 4) is 5.75 Å². The van der Waals surface area contributed by atoms with Gasteiger partial charge in [-0.2, -0.15) is 0 Å². The van der Waals surface area contributed by atoms with Crippen molar-refractivity contribution in [2.45, 2.75) is 25.9 Å². The molecule has 1 saturated heterocycles. The molecule has 1 aliphatic heterocycles. The number of aryl methyl sites for hydroxylation is 1. The molecule has 132 valence electrons. The van der Waals surface area contributed by atoms with Crippen molar-refractivity contribution < 1.29 is 13.9 Å². The summed E-state index contributed by atoms with van der Waals surface area (Å²) in [5.74, 6) is 0.939. The molecule has 25 heavy (non-hydrogen) atoms. The fraction of sp³-hybridized carbons (Fsp3) is 0.333. The Hall–Kier alpha value is -1.79. The van der Waals surface area contributed by atoms with Crippen molar-refractivity contribution in [1.29, 1.82) is 0 Å². The van der Waals surface area contributed by atoms with Crippen LogP contribution < -0.4 is 10.4 Å². The van der Waals surface area contributed by atoms with Crippen molar-refractivity contribution in [2.24, 2.45) is 0 Å². The highest BCUT2D eigenvalue weighted by Crippen LogP contribution is 2.25. The summed E-state index contributed by atoms with van der Waals surface area (Å²) in [5.41, 5.74) is 0.0682. The quantitative estimate of drug-likeness (QED) is 0.743. The Balaban J connectivity index is 1.62. The highest BCUT2D eigenvalue weighted by atomic mass is 79.9. The van der Waals surface area contributed by atoms with E-state index in [0.29, 0.717) is 48.0 Å². The summed E-state index contributed by atoms with van der Waals surface area (Å²) >= 11 is 9.51. The van der Waals surface area contributed by atoms with Crippen molar-refractivity contribution in [1.82, 2.24) is 4.90 Å². The number of hydrogen-bond acceptors (Lipinski definition) is 4. The highest BCUT2D eigenvalue weighted by molar-refractivity contribution is 9.10. The molecule has 1 aromatic heterocycles. The maximum atomic E-state index is 12.7. The smallest absolute Gasteiger partial charge is 0.339 e. The van der Waals surface area contributed by atoms with Crippen LogP contribution in [0.2, 0.25) is 5.02 Å². The summed E-state index contributed by atoms with van der Waals surface area (Å²) in [6.07, 6.45) is 1.34. The number of benzene rings is 1. The average Bonchev–Trinajstić information content (AvgIpc) is 2.56. The van der Waals surface area contributed by atoms with Crippen LogP contribution in [0.3, 0.4) is 0 Å². The Kier molecular flexibility index (Phi) is 5.49. The number of carbonyl (C=O) groups is 1. The molecule has 0 atom stereocenters. The van der Waals surface area contributed by atoms with E-state index in [-0.39, 0.29) is 12.0 Å². The lowest BCUT2D eigenvalue weighted by Crippen LogP contribution is -2.42. The third-order valence-corrected chi connectivity index (χ3v) is 4.88. The summed E-state index contributed by atoms with van der Waals surface area (Å²) in [4.78, 5) is 25.8. The molecule has 0 aliphatic carbocycles. The molecule has 0 radical (unpaired) electrons. The van der Waals surface area contributed by atoms with Gasteiger partial charge in [-0.05, 0) is 25.1 Å². The Labute approximate surface area is 158 Å². The van der Waals surface area contributed by atoms with Crippen molar-refractivity contribution in [2.75, 3.05) is 13.1 Å². The van der Waals surface area contributed by atoms with Crippen molar-refractivity contribution >= 4 is 33.4 Å². The molecule has 1 fully saturated rings. The molecule has 3 rings (SSSR count). The van der Waals surface area contributed by atoms with Gasteiger partial charge in [0.05, 0.1) is 16.7 Å². The topological polar surface area (TPSA) is 59.8 Å². The molecule has 0 saturated carbocycles. The maximum absolute atomic E-state index is 12.7. The predicted octanol–water partition coefficient (Wildman–Crippen LogP) is 4.05. The highest BCUT2D eigenvalue weighted by Gasteiger charge is 2.26. The Morgan fingerprint density at radius 3 is 2.68 bits per heavy atom. The van der Waals surface area contributed by atoms with Gasteiger partial charge in [-0.1, -0.05) is 27.5 Å². The van der Waals surface area contributed by atoms with Gasteiger partial charge >= 0.3 is 5.63 Å². The average molecular weight is 427 g/mol. The normalized spacial score (nSPS) is 15.2. The van der Waals surface area contributed by atoms with Gasteiger partial charge in [-0.3, -0.25) is 4.79 Å². The van der Waals surface area contributed by atoms with E-state index < -0.39 is 5.63 Å². The second-order valence-corrected chi connectivity index (χ2v) is 7.28. The predicted molar refractivity (Wildman–Crippen MR) is 98.4 cm³/mol. The summed E-state index contributed by atoms with van der Waals surface area (Å²) in [6.45, 7) is 2.86. The van der Waals surface area contributed by atoms with E-state index in [1.54, 1.807) is 36.1 Å². The minimum absolute atomic E-state index is 0.0387. The molecule has 1 amide bonds. The molecule has 7 heteroatoms. The fourth-order valence-electron chi connectivity index (χ4n) is 2.84. The minimum atomic E-state index is -0.424. The first-order valence-electron chi connectivity index (χ1n) is 7.95. The van der Waals surface area contributed by atoms with Crippen LogP contribution in [0.25, 0.3) is 0 Å². The lowest BCUT2D eigenvalue weighted by atomic mass is 10.1. The van der Waals surface area contributed by atoms with Gasteiger partial charge in [0.25, 0.3) is 5.91 Å². The monoisotopic (exact) mass is 425 g/mol. The molecule has 0 bridgehead atoms. The lowest BCUT2D eigenvalue weighted by molar-refractivity contribution is 0.0594. The number of halogens is 2. The molecule has 5 nitrogen and oxygen atoms in total. The number of ether oxygens (including phenoxy) is 1. The second-order valence-electron chi connectivity index (χ2n) is 5.96. The van der Waals surface area contributed by atoms with E-state index in [9.17, 15) is 9.59 Å². The maximum Gasteiger partial charge on any atom is 0.339 e. The Bertz CT molecular complexity index is 843. The number of likely N-dealkylation sites (tertiary alicyclic amines) is 1. The van der Waals surface area contributed by atoms with Gasteiger partial charge in [-0.25, -0.2) is 4.79 Å². The van der Waals surface area contributed by atoms with Crippen LogP contribution in [0.4, 0.5) is 0 Å². The number of hydrogen-bond donors (Lipinski definition) is 0. The van der Waals surface area contributed by atoms with Crippen LogP contribution in [-0.2, 0) is 0 Å². The number of nitrogens with zero attached hydrogens (tertiary/aromatic N) is 1. The molecule has 1 aromatic carbocycles. The zero-order chi connectivity index (χ0) is 18.0. The standard InChI is InChI=1S/C18H17BrClNO4/c1-11-8-14(10-17(22)24-11)25-13-4-6-21(7-5-13)18(23)15-9-12(19)2-3-16(15)20/h2-3,8-10,13H,4-7H2,1H3. The van der Waals surface area contributed by atoms with E-state index in [4.69, 9.17) is 20.8 Å². The summed E-state index contributed by atoms with van der Waals surface area (Å²) in [7, 11) is 0. The third-order valence-electron chi connectivity index (χ3n) is 4.06. The fourth-order valence-corrected chi connectivity index (χ4v) is 3.40. The van der Waals surface area contributed by atoms with E-state index >= 15 is 0 Å². The first-order valence-corrected chi connectivity index (χ1v) is 9.12. The minimum Gasteiger partial charge on any atom is -0.490 e. The molecule has 0 N–H and O–H groups in total. The van der Waals surface area contributed by atoms with Gasteiger partial charge in [0.1, 0.15) is 17.6 Å². The number of carbonyl (C=O) groups excluding carboxylic acids is 1. The molecule has 0 unspecified atom stereocenters. The van der Waals surface area contributed by atoms with Crippen LogP contribution >= 0.6 is 27.5 Å². The zero-order valence-corrected chi connectivity index (χ0v) is 16.0. The Morgan fingerprint density at radius 2 is 2.00 bits per heavy atom. The third kappa shape index (κ3) is 4.44. The van der Waals surface area contributed by atoms with E-state index in [1.165, 1.54) is 6.07 Å². The molecular formula is C18H17BrClNO4. The van der Waals surface area contributed by atoms with E-state index in [2.05, 4.69) is 15.9 Å². The molecule has 2 aromatic rings. The Morgan fingerprint density at radius 1 is 1.28 bits per heavy atom. The molecule has 1 aliphatic rings. The first-order chi connectivity index (χ1) is 11.9. The zero-order valence-electron chi connectivity index (χ0n) is 13.6. The van der Waals surface area contributed by atoms with Gasteiger partial charge in [0, 0.05) is 36.5 Å². The van der Waals surface area contributed by atoms with Crippen LogP contribution in [0.1, 0.15) is 29.0 Å². The van der Waals surface area contributed by atoms with E-state index in [0.717, 1.165) is 4.47 Å². The van der Waals surface area contributed by atoms with E-state index in [1.807, 2.05) is 0 Å². The van der Waals surface area contributed by atoms with Crippen molar-refractivity contribution in [3.63, 3.8) is 0 Å². The molecule has 0 spiro atoms. The van der Waals surface area contributed by atoms with Crippen LogP contribution in [0.5, 0.6) is 5.75 Å². The lowest BCUT2D eigenvalue weighted by Gasteiger charge is -2.32. The SMILES string of the molecule is Cc1cc(OC2CCN(C(=O)c3cc(Br)ccc3Cl)CC2)cc(=O)o1. The van der Waals surface area contributed by atoms with Crippen LogP contribution in [0, 0.1) is 6.92 Å². The molecule has 2 heterocycles. The first kappa shape index (κ1) is 18.0. The second kappa shape index (κ2) is 7.62. The van der Waals surface area contributed by atoms with Gasteiger partial charge in [-0.15, -0.1) is 0 Å². The number of amides is 1. The largest absolute Gasteiger partial charge is 0.490 e. The van der Waals surface area contributed by atoms with Gasteiger partial charge < -0.3 is 14.1 Å². The van der Waals surface area contributed by atoms with Gasteiger partial charge in [0.15, 0.2) is 0 Å². The molecular weight excluding hydrogens is 410 g/mol. The van der Waals surface area contributed by atoms with Crippen molar-refractivity contribution in [3.05, 3.63) is 61.6 Å².